The van der Waals surface area contributed by atoms with Crippen LogP contribution in [-0.2, 0) is 6.54 Å². The summed E-state index contributed by atoms with van der Waals surface area (Å²) in [5.74, 6) is 0.882. The van der Waals surface area contributed by atoms with Crippen molar-refractivity contribution in [2.75, 3.05) is 18.4 Å². The lowest BCUT2D eigenvalue weighted by Gasteiger charge is -2.32. The van der Waals surface area contributed by atoms with Gasteiger partial charge in [0.2, 0.25) is 0 Å². The Morgan fingerprint density at radius 1 is 1.33 bits per heavy atom. The molecule has 2 rings (SSSR count). The van der Waals surface area contributed by atoms with Gasteiger partial charge in [0, 0.05) is 19.1 Å². The number of likely N-dealkylation sites (tertiary alicyclic amines) is 1. The van der Waals surface area contributed by atoms with Gasteiger partial charge < -0.3 is 5.32 Å². The molecule has 1 unspecified atom stereocenters. The van der Waals surface area contributed by atoms with Gasteiger partial charge in [-0.05, 0) is 32.7 Å². The van der Waals surface area contributed by atoms with Gasteiger partial charge in [-0.2, -0.15) is 0 Å². The lowest BCUT2D eigenvalue weighted by Crippen LogP contribution is -2.37. The Balaban J connectivity index is 1.89. The van der Waals surface area contributed by atoms with Crippen LogP contribution in [0.3, 0.4) is 0 Å². The third-order valence-electron chi connectivity index (χ3n) is 3.57. The zero-order valence-corrected chi connectivity index (χ0v) is 11.5. The van der Waals surface area contributed by atoms with Gasteiger partial charge in [-0.3, -0.25) is 9.88 Å². The van der Waals surface area contributed by atoms with Crippen LogP contribution in [0.2, 0.25) is 0 Å². The summed E-state index contributed by atoms with van der Waals surface area (Å²) in [6.45, 7) is 7.54. The first kappa shape index (κ1) is 13.3. The normalized spacial score (nSPS) is 20.9. The van der Waals surface area contributed by atoms with Crippen molar-refractivity contribution in [3.63, 3.8) is 0 Å². The minimum absolute atomic E-state index is 0.679. The van der Waals surface area contributed by atoms with Gasteiger partial charge >= 0.3 is 0 Å². The zero-order chi connectivity index (χ0) is 12.8. The van der Waals surface area contributed by atoms with E-state index in [1.807, 2.05) is 12.4 Å². The molecule has 0 amide bonds. The van der Waals surface area contributed by atoms with Crippen LogP contribution in [0.25, 0.3) is 0 Å². The highest BCUT2D eigenvalue weighted by atomic mass is 15.2. The molecule has 1 aromatic rings. The standard InChI is InChI=1S/C14H24N4/c1-3-7-15-14-10-16-13(9-17-14)11-18-8-5-4-6-12(18)2/h9-10,12H,3-8,11H2,1-2H3,(H,15,17). The van der Waals surface area contributed by atoms with Crippen LogP contribution in [0.5, 0.6) is 0 Å². The summed E-state index contributed by atoms with van der Waals surface area (Å²) in [7, 11) is 0. The molecule has 1 fully saturated rings. The maximum atomic E-state index is 4.49. The molecular weight excluding hydrogens is 224 g/mol. The molecule has 1 aromatic heterocycles. The third kappa shape index (κ3) is 3.67. The summed E-state index contributed by atoms with van der Waals surface area (Å²) in [4.78, 5) is 11.4. The molecule has 4 heteroatoms. The summed E-state index contributed by atoms with van der Waals surface area (Å²) in [5, 5.41) is 3.25. The van der Waals surface area contributed by atoms with Gasteiger partial charge in [0.15, 0.2) is 0 Å². The largest absolute Gasteiger partial charge is 0.369 e. The van der Waals surface area contributed by atoms with E-state index in [0.29, 0.717) is 6.04 Å². The van der Waals surface area contributed by atoms with Crippen molar-refractivity contribution < 1.29 is 0 Å². The van der Waals surface area contributed by atoms with E-state index >= 15 is 0 Å². The third-order valence-corrected chi connectivity index (χ3v) is 3.57. The van der Waals surface area contributed by atoms with E-state index in [1.54, 1.807) is 0 Å². The summed E-state index contributed by atoms with van der Waals surface area (Å²) in [6, 6.07) is 0.679. The Morgan fingerprint density at radius 3 is 2.89 bits per heavy atom. The average molecular weight is 248 g/mol. The van der Waals surface area contributed by atoms with Crippen LogP contribution in [0.1, 0.15) is 45.2 Å². The van der Waals surface area contributed by atoms with Gasteiger partial charge in [0.1, 0.15) is 5.82 Å². The molecule has 0 spiro atoms. The fourth-order valence-corrected chi connectivity index (χ4v) is 2.38. The molecular formula is C14H24N4. The highest BCUT2D eigenvalue weighted by molar-refractivity contribution is 5.30. The van der Waals surface area contributed by atoms with E-state index in [4.69, 9.17) is 0 Å². The Hall–Kier alpha value is -1.16. The van der Waals surface area contributed by atoms with Crippen molar-refractivity contribution in [2.24, 2.45) is 0 Å². The van der Waals surface area contributed by atoms with E-state index in [1.165, 1.54) is 25.8 Å². The predicted octanol–water partition coefficient (Wildman–Crippen LogP) is 2.67. The Kier molecular flexibility index (Phi) is 4.93. The molecule has 4 nitrogen and oxygen atoms in total. The summed E-state index contributed by atoms with van der Waals surface area (Å²) < 4.78 is 0. The smallest absolute Gasteiger partial charge is 0.144 e. The molecule has 1 atom stereocenters. The number of aromatic nitrogens is 2. The van der Waals surface area contributed by atoms with Crippen molar-refractivity contribution in [3.05, 3.63) is 18.1 Å². The van der Waals surface area contributed by atoms with Gasteiger partial charge in [-0.15, -0.1) is 0 Å². The zero-order valence-electron chi connectivity index (χ0n) is 11.5. The summed E-state index contributed by atoms with van der Waals surface area (Å²) >= 11 is 0. The number of piperidine rings is 1. The minimum Gasteiger partial charge on any atom is -0.369 e. The van der Waals surface area contributed by atoms with Crippen LogP contribution in [0.4, 0.5) is 5.82 Å². The Morgan fingerprint density at radius 2 is 2.22 bits per heavy atom. The number of rotatable bonds is 5. The first-order valence-corrected chi connectivity index (χ1v) is 7.08. The fourth-order valence-electron chi connectivity index (χ4n) is 2.38. The summed E-state index contributed by atoms with van der Waals surface area (Å²) in [6.07, 6.45) is 8.84. The lowest BCUT2D eigenvalue weighted by atomic mass is 10.0. The van der Waals surface area contributed by atoms with Gasteiger partial charge in [-0.1, -0.05) is 13.3 Å². The van der Waals surface area contributed by atoms with Gasteiger partial charge in [-0.25, -0.2) is 4.98 Å². The van der Waals surface area contributed by atoms with Crippen LogP contribution >= 0.6 is 0 Å². The van der Waals surface area contributed by atoms with E-state index in [0.717, 1.165) is 31.0 Å². The molecule has 18 heavy (non-hydrogen) atoms. The van der Waals surface area contributed by atoms with Crippen LogP contribution < -0.4 is 5.32 Å². The van der Waals surface area contributed by atoms with Crippen LogP contribution in [0.15, 0.2) is 12.4 Å². The molecule has 0 aromatic carbocycles. The first-order valence-electron chi connectivity index (χ1n) is 7.08. The van der Waals surface area contributed by atoms with Crippen molar-refractivity contribution in [1.82, 2.24) is 14.9 Å². The van der Waals surface area contributed by atoms with E-state index < -0.39 is 0 Å². The maximum Gasteiger partial charge on any atom is 0.144 e. The van der Waals surface area contributed by atoms with Crippen molar-refractivity contribution in [2.45, 2.75) is 52.1 Å². The Bertz CT molecular complexity index is 349. The highest BCUT2D eigenvalue weighted by Crippen LogP contribution is 2.18. The van der Waals surface area contributed by atoms with E-state index in [9.17, 15) is 0 Å². The highest BCUT2D eigenvalue weighted by Gasteiger charge is 2.18. The lowest BCUT2D eigenvalue weighted by molar-refractivity contribution is 0.150. The van der Waals surface area contributed by atoms with Crippen molar-refractivity contribution >= 4 is 5.82 Å². The molecule has 0 radical (unpaired) electrons. The first-order chi connectivity index (χ1) is 8.79. The van der Waals surface area contributed by atoms with Crippen molar-refractivity contribution in [3.8, 4) is 0 Å². The number of hydrogen-bond acceptors (Lipinski definition) is 4. The Labute approximate surface area is 110 Å². The monoisotopic (exact) mass is 248 g/mol. The number of hydrogen-bond donors (Lipinski definition) is 1. The quantitative estimate of drug-likeness (QED) is 0.870. The topological polar surface area (TPSA) is 41.1 Å². The molecule has 1 saturated heterocycles. The number of nitrogens with one attached hydrogen (secondary N) is 1. The van der Waals surface area contributed by atoms with Crippen LogP contribution in [-0.4, -0.2) is 34.0 Å². The SMILES string of the molecule is CCCNc1cnc(CN2CCCCC2C)cn1. The fraction of sp³-hybridized carbons (Fsp3) is 0.714. The number of nitrogens with zero attached hydrogens (tertiary/aromatic N) is 3. The predicted molar refractivity (Wildman–Crippen MR) is 74.5 cm³/mol. The minimum atomic E-state index is 0.679. The molecule has 1 aliphatic rings. The average Bonchev–Trinajstić information content (AvgIpc) is 2.41. The molecule has 0 bridgehead atoms. The van der Waals surface area contributed by atoms with Gasteiger partial charge in [0.25, 0.3) is 0 Å². The number of anilines is 1. The molecule has 100 valence electrons. The van der Waals surface area contributed by atoms with E-state index in [2.05, 4.69) is 34.0 Å². The maximum absolute atomic E-state index is 4.49. The molecule has 0 aliphatic carbocycles. The van der Waals surface area contributed by atoms with Gasteiger partial charge in [0.05, 0.1) is 18.1 Å². The second-order valence-corrected chi connectivity index (χ2v) is 5.14. The summed E-state index contributed by atoms with van der Waals surface area (Å²) in [5.41, 5.74) is 1.07. The molecule has 1 N–H and O–H groups in total. The van der Waals surface area contributed by atoms with E-state index in [-0.39, 0.29) is 0 Å². The molecule has 1 aliphatic heterocycles. The van der Waals surface area contributed by atoms with Crippen molar-refractivity contribution in [1.29, 1.82) is 0 Å². The van der Waals surface area contributed by atoms with Crippen LogP contribution in [0, 0.1) is 0 Å². The molecule has 0 saturated carbocycles. The molecule has 2 heterocycles. The second kappa shape index (κ2) is 6.69. The second-order valence-electron chi connectivity index (χ2n) is 5.14.